The summed E-state index contributed by atoms with van der Waals surface area (Å²) in [5, 5.41) is 24.3. The average Bonchev–Trinajstić information content (AvgIpc) is 1.56. The number of fused-ring (bicyclic) bond motifs is 4. The molecule has 0 fully saturated rings. The van der Waals surface area contributed by atoms with E-state index in [1.54, 1.807) is 22.7 Å². The number of rotatable bonds is 48. The van der Waals surface area contributed by atoms with Crippen LogP contribution in [-0.2, 0) is 15.0 Å². The van der Waals surface area contributed by atoms with Gasteiger partial charge in [-0.1, -0.05) is 313 Å². The first-order valence-electron chi connectivity index (χ1n) is 40.1. The minimum atomic E-state index is -0.282. The molecule has 7 nitrogen and oxygen atoms in total. The van der Waals surface area contributed by atoms with Crippen LogP contribution in [0, 0.1) is 39.9 Å². The first-order chi connectivity index (χ1) is 47.5. The van der Waals surface area contributed by atoms with Crippen LogP contribution in [0.2, 0.25) is 0 Å². The molecule has 7 rings (SSSR count). The molecule has 2 unspecified atom stereocenters. The largest absolute Gasteiger partial charge is 0.337 e. The predicted octanol–water partition coefficient (Wildman–Crippen LogP) is 27.8. The molecule has 2 aliphatic rings. The zero-order valence-electron chi connectivity index (χ0n) is 63.8. The number of unbranched alkanes of at least 4 members (excludes halogenated alkanes) is 26. The molecule has 0 aliphatic carbocycles. The zero-order valence-corrected chi connectivity index (χ0v) is 65.4. The third kappa shape index (κ3) is 22.8. The van der Waals surface area contributed by atoms with E-state index in [2.05, 4.69) is 182 Å². The Hall–Kier alpha value is -5.48. The first kappa shape index (κ1) is 79.8. The van der Waals surface area contributed by atoms with E-state index in [1.165, 1.54) is 206 Å². The fourth-order valence-corrected chi connectivity index (χ4v) is 17.5. The molecule has 0 N–H and O–H groups in total. The van der Waals surface area contributed by atoms with E-state index in [4.69, 9.17) is 0 Å². The van der Waals surface area contributed by atoms with Crippen molar-refractivity contribution in [3.8, 4) is 12.1 Å². The fourth-order valence-electron chi connectivity index (χ4n) is 15.3. The van der Waals surface area contributed by atoms with Crippen molar-refractivity contribution in [2.75, 3.05) is 13.1 Å². The normalized spacial score (nSPS) is 14.8. The molecule has 98 heavy (non-hydrogen) atoms. The van der Waals surface area contributed by atoms with Gasteiger partial charge in [0.1, 0.15) is 6.07 Å². The Bertz CT molecular complexity index is 3480. The summed E-state index contributed by atoms with van der Waals surface area (Å²) in [5.74, 6) is 0.551. The van der Waals surface area contributed by atoms with Crippen molar-refractivity contribution in [1.82, 2.24) is 14.4 Å². The van der Waals surface area contributed by atoms with Gasteiger partial charge in [-0.15, -0.1) is 22.7 Å². The molecule has 5 heterocycles. The highest BCUT2D eigenvalue weighted by atomic mass is 32.1. The number of thiophene rings is 2. The van der Waals surface area contributed by atoms with Gasteiger partial charge in [-0.25, -0.2) is 0 Å². The Kier molecular flexibility index (Phi) is 33.8. The lowest BCUT2D eigenvalue weighted by Gasteiger charge is -2.29. The summed E-state index contributed by atoms with van der Waals surface area (Å²) in [6.07, 6.45) is 49.9. The zero-order chi connectivity index (χ0) is 70.5. The second kappa shape index (κ2) is 41.4. The highest BCUT2D eigenvalue weighted by Gasteiger charge is 2.50. The van der Waals surface area contributed by atoms with Crippen LogP contribution in [0.4, 0.5) is 0 Å². The van der Waals surface area contributed by atoms with Crippen LogP contribution in [-0.4, -0.2) is 39.3 Å². The Labute approximate surface area is 605 Å². The first-order valence-corrected chi connectivity index (χ1v) is 41.7. The second-order valence-corrected chi connectivity index (χ2v) is 33.8. The van der Waals surface area contributed by atoms with Crippen LogP contribution < -0.4 is 0 Å². The van der Waals surface area contributed by atoms with Gasteiger partial charge in [0.25, 0.3) is 11.8 Å². The van der Waals surface area contributed by atoms with Crippen molar-refractivity contribution in [3.63, 3.8) is 0 Å². The van der Waals surface area contributed by atoms with E-state index in [0.717, 1.165) is 107 Å². The van der Waals surface area contributed by atoms with Crippen molar-refractivity contribution >= 4 is 85.4 Å². The minimum Gasteiger partial charge on any atom is -0.337 e. The maximum Gasteiger partial charge on any atom is 0.261 e. The van der Waals surface area contributed by atoms with Gasteiger partial charge >= 0.3 is 0 Å². The maximum atomic E-state index is 16.2. The number of hydrogen-bond donors (Lipinski definition) is 0. The van der Waals surface area contributed by atoms with E-state index >= 15 is 9.59 Å². The number of carbonyl (C=O) groups excluding carboxylic acids is 2. The molecule has 3 aromatic heterocycles. The van der Waals surface area contributed by atoms with E-state index < -0.39 is 0 Å². The number of aromatic nitrogens is 1. The predicted molar refractivity (Wildman–Crippen MR) is 426 cm³/mol. The smallest absolute Gasteiger partial charge is 0.261 e. The lowest BCUT2D eigenvalue weighted by atomic mass is 9.86. The van der Waals surface area contributed by atoms with Crippen molar-refractivity contribution in [1.29, 1.82) is 10.5 Å². The highest BCUT2D eigenvalue weighted by Crippen LogP contribution is 2.51. The lowest BCUT2D eigenvalue weighted by Crippen LogP contribution is -2.34. The standard InChI is InChI=1S/C89H131N5O2S2/c1-13-19-25-31-35-41-47-67(45-39-29-23-17-5)65-92-84(82-83(87(92)96)85(80-57-58-81(98-80)89(10,11)12)93(86(82)95)66-68(46-40-30-24-18-6)48-42-36-32-26-20-14-2)79-56-55-78(97-79)71(63-90)59-69-51-53-74-75-54-52-70(60-72(64-91)88(7,8)9)62-77(75)94(76(74)61-69)73(49-43-37-33-27-21-15-3)50-44-38-34-28-22-16-4/h51-62,67-68,73H,13-50,65-66H2,1-12H3/b71-59+,72-60+. The number of nitrogens with zero attached hydrogens (tertiary/aromatic N) is 5. The monoisotopic (exact) mass is 1370 g/mol. The summed E-state index contributed by atoms with van der Waals surface area (Å²) < 4.78 is 2.66. The Morgan fingerprint density at radius 2 is 0.806 bits per heavy atom. The van der Waals surface area contributed by atoms with E-state index in [0.29, 0.717) is 47.7 Å². The topological polar surface area (TPSA) is 93.1 Å². The molecule has 0 bridgehead atoms. The van der Waals surface area contributed by atoms with Crippen molar-refractivity contribution in [2.24, 2.45) is 17.3 Å². The van der Waals surface area contributed by atoms with Gasteiger partial charge in [0.05, 0.1) is 43.9 Å². The number of nitriles is 2. The molecule has 0 saturated heterocycles. The average molecular weight is 1370 g/mol. The minimum absolute atomic E-state index is 0.0349. The molecule has 0 saturated carbocycles. The molecule has 2 atom stereocenters. The highest BCUT2D eigenvalue weighted by molar-refractivity contribution is 7.14. The molecular formula is C89H131N5O2S2. The summed E-state index contributed by atoms with van der Waals surface area (Å²) in [6.45, 7) is 28.0. The Morgan fingerprint density at radius 1 is 0.439 bits per heavy atom. The van der Waals surface area contributed by atoms with Crippen LogP contribution in [0.25, 0.3) is 50.9 Å². The molecule has 2 aliphatic heterocycles. The summed E-state index contributed by atoms with van der Waals surface area (Å²) in [5.41, 5.74) is 8.09. The number of benzene rings is 2. The van der Waals surface area contributed by atoms with Crippen molar-refractivity contribution in [2.45, 2.75) is 339 Å². The van der Waals surface area contributed by atoms with Crippen molar-refractivity contribution < 1.29 is 9.59 Å². The molecule has 2 amide bonds. The Morgan fingerprint density at radius 3 is 1.18 bits per heavy atom. The van der Waals surface area contributed by atoms with Crippen LogP contribution in [0.3, 0.4) is 0 Å². The SMILES string of the molecule is CCCCCCCCC(CCCCCC)CN1C(=O)C2=C(c3ccc(C(C)(C)C)s3)N(CC(CCCCCC)CCCCCCCC)C(=O)C2=C1c1ccc(/C(C#N)=C/c2ccc3c4ccc(/C=C(\C#N)C(C)(C)C)cc4n(C(CCCCCCCC)CCCCCCCC)c3c2)s1. The Balaban J connectivity index is 1.38. The van der Waals surface area contributed by atoms with Crippen LogP contribution in [0.1, 0.15) is 364 Å². The number of hydrogen-bond acceptors (Lipinski definition) is 6. The van der Waals surface area contributed by atoms with E-state index in [9.17, 15) is 10.5 Å². The van der Waals surface area contributed by atoms with Gasteiger partial charge in [-0.2, -0.15) is 10.5 Å². The lowest BCUT2D eigenvalue weighted by molar-refractivity contribution is -0.124. The summed E-state index contributed by atoms with van der Waals surface area (Å²) >= 11 is 3.32. The van der Waals surface area contributed by atoms with Crippen LogP contribution in [0.5, 0.6) is 0 Å². The number of allylic oxidation sites excluding steroid dienone is 2. The van der Waals surface area contributed by atoms with Gasteiger partial charge < -0.3 is 14.4 Å². The van der Waals surface area contributed by atoms with Gasteiger partial charge in [-0.05, 0) is 121 Å². The third-order valence-electron chi connectivity index (χ3n) is 21.3. The molecular weight excluding hydrogens is 1240 g/mol. The molecule has 5 aromatic rings. The van der Waals surface area contributed by atoms with Crippen LogP contribution >= 0.6 is 22.7 Å². The molecule has 9 heteroatoms. The van der Waals surface area contributed by atoms with E-state index in [1.807, 2.05) is 0 Å². The summed E-state index contributed by atoms with van der Waals surface area (Å²) in [4.78, 5) is 40.6. The maximum absolute atomic E-state index is 16.2. The van der Waals surface area contributed by atoms with Gasteiger partial charge in [-0.3, -0.25) is 9.59 Å². The van der Waals surface area contributed by atoms with Gasteiger partial charge in [0.15, 0.2) is 0 Å². The molecule has 2 aromatic carbocycles. The molecule has 0 radical (unpaired) electrons. The van der Waals surface area contributed by atoms with Crippen LogP contribution in [0.15, 0.2) is 77.4 Å². The van der Waals surface area contributed by atoms with Gasteiger partial charge in [0, 0.05) is 56.3 Å². The molecule has 536 valence electrons. The third-order valence-corrected chi connectivity index (χ3v) is 23.9. The van der Waals surface area contributed by atoms with E-state index in [-0.39, 0.29) is 22.6 Å². The second-order valence-electron chi connectivity index (χ2n) is 31.7. The molecule has 0 spiro atoms. The number of amides is 2. The summed E-state index contributed by atoms with van der Waals surface area (Å²) in [6, 6.07) is 27.7. The number of carbonyl (C=O) groups is 2. The quantitative estimate of drug-likeness (QED) is 0.0286. The van der Waals surface area contributed by atoms with Crippen molar-refractivity contribution in [3.05, 3.63) is 108 Å². The van der Waals surface area contributed by atoms with Gasteiger partial charge in [0.2, 0.25) is 0 Å². The fraction of sp³-hybridized carbons (Fsp3) is 0.640. The summed E-state index contributed by atoms with van der Waals surface area (Å²) in [7, 11) is 0.